The van der Waals surface area contributed by atoms with E-state index in [1.165, 1.54) is 12.1 Å². The Bertz CT molecular complexity index is 864. The van der Waals surface area contributed by atoms with Gasteiger partial charge in [-0.15, -0.1) is 0 Å². The minimum atomic E-state index is -4.43. The van der Waals surface area contributed by atoms with Crippen LogP contribution in [-0.2, 0) is 6.18 Å². The molecular formula is C17H13F3N2O. The molecule has 1 heterocycles. The quantitative estimate of drug-likeness (QED) is 0.704. The smallest absolute Gasteiger partial charge is 0.351 e. The molecule has 0 atom stereocenters. The van der Waals surface area contributed by atoms with Gasteiger partial charge in [-0.1, -0.05) is 17.7 Å². The third-order valence-corrected chi connectivity index (χ3v) is 3.50. The van der Waals surface area contributed by atoms with Crippen molar-refractivity contribution in [1.29, 1.82) is 0 Å². The number of carbonyl (C=O) groups excluding carboxylic acids is 1. The highest BCUT2D eigenvalue weighted by Gasteiger charge is 2.32. The number of carbonyl (C=O) groups is 1. The summed E-state index contributed by atoms with van der Waals surface area (Å²) in [7, 11) is 0. The van der Waals surface area contributed by atoms with Gasteiger partial charge in [0.25, 0.3) is 5.91 Å². The molecule has 3 nitrogen and oxygen atoms in total. The van der Waals surface area contributed by atoms with E-state index in [0.29, 0.717) is 22.2 Å². The first-order valence-electron chi connectivity index (χ1n) is 6.91. The van der Waals surface area contributed by atoms with Gasteiger partial charge in [-0.05, 0) is 43.3 Å². The second-order valence-corrected chi connectivity index (χ2v) is 5.30. The molecule has 0 unspecified atom stereocenters. The average Bonchev–Trinajstić information content (AvgIpc) is 2.91. The first-order chi connectivity index (χ1) is 10.8. The molecule has 0 fully saturated rings. The van der Waals surface area contributed by atoms with E-state index >= 15 is 0 Å². The van der Waals surface area contributed by atoms with Gasteiger partial charge in [0.1, 0.15) is 5.69 Å². The zero-order valence-electron chi connectivity index (χ0n) is 12.2. The lowest BCUT2D eigenvalue weighted by Gasteiger charge is -2.05. The predicted octanol–water partition coefficient (Wildman–Crippen LogP) is 4.75. The predicted molar refractivity (Wildman–Crippen MR) is 82.4 cm³/mol. The van der Waals surface area contributed by atoms with Crippen molar-refractivity contribution in [2.24, 2.45) is 0 Å². The Hall–Kier alpha value is -2.76. The highest BCUT2D eigenvalue weighted by Crippen LogP contribution is 2.31. The highest BCUT2D eigenvalue weighted by molar-refractivity contribution is 6.05. The van der Waals surface area contributed by atoms with Gasteiger partial charge in [0, 0.05) is 22.2 Å². The van der Waals surface area contributed by atoms with Crippen LogP contribution in [0.5, 0.6) is 0 Å². The number of benzene rings is 2. The monoisotopic (exact) mass is 318 g/mol. The van der Waals surface area contributed by atoms with E-state index in [9.17, 15) is 18.0 Å². The van der Waals surface area contributed by atoms with Crippen LogP contribution < -0.4 is 5.32 Å². The van der Waals surface area contributed by atoms with Gasteiger partial charge in [0.05, 0.1) is 0 Å². The van der Waals surface area contributed by atoms with Crippen molar-refractivity contribution in [1.82, 2.24) is 4.98 Å². The first-order valence-corrected chi connectivity index (χ1v) is 6.91. The van der Waals surface area contributed by atoms with E-state index in [-0.39, 0.29) is 5.91 Å². The lowest BCUT2D eigenvalue weighted by molar-refractivity contribution is -0.140. The van der Waals surface area contributed by atoms with Crippen LogP contribution in [0.4, 0.5) is 18.9 Å². The number of anilines is 1. The molecular weight excluding hydrogens is 305 g/mol. The number of nitrogens with one attached hydrogen (secondary N) is 2. The number of halogens is 3. The number of fused-ring (bicyclic) bond motifs is 1. The zero-order chi connectivity index (χ0) is 16.6. The van der Waals surface area contributed by atoms with Crippen molar-refractivity contribution in [2.75, 3.05) is 5.32 Å². The molecule has 0 bridgehead atoms. The Kier molecular flexibility index (Phi) is 3.60. The maximum absolute atomic E-state index is 12.7. The van der Waals surface area contributed by atoms with E-state index < -0.39 is 11.9 Å². The van der Waals surface area contributed by atoms with Gasteiger partial charge in [0.2, 0.25) is 0 Å². The molecule has 3 rings (SSSR count). The maximum Gasteiger partial charge on any atom is 0.431 e. The summed E-state index contributed by atoms with van der Waals surface area (Å²) >= 11 is 0. The van der Waals surface area contributed by atoms with Crippen molar-refractivity contribution in [3.63, 3.8) is 0 Å². The Morgan fingerprint density at radius 1 is 1.04 bits per heavy atom. The number of aryl methyl sites for hydroxylation is 1. The molecule has 0 saturated carbocycles. The Balaban J connectivity index is 1.85. The third-order valence-electron chi connectivity index (χ3n) is 3.50. The SMILES string of the molecule is Cc1ccc(C(=O)Nc2ccc3[nH]c(C(F)(F)F)cc3c2)cc1. The molecule has 2 aromatic carbocycles. The molecule has 0 aliphatic rings. The van der Waals surface area contributed by atoms with Crippen molar-refractivity contribution < 1.29 is 18.0 Å². The van der Waals surface area contributed by atoms with E-state index in [0.717, 1.165) is 11.6 Å². The first kappa shape index (κ1) is 15.1. The van der Waals surface area contributed by atoms with E-state index in [2.05, 4.69) is 10.3 Å². The zero-order valence-corrected chi connectivity index (χ0v) is 12.2. The molecule has 0 aliphatic heterocycles. The molecule has 23 heavy (non-hydrogen) atoms. The number of hydrogen-bond donors (Lipinski definition) is 2. The second-order valence-electron chi connectivity index (χ2n) is 5.30. The molecule has 118 valence electrons. The number of aromatic amines is 1. The van der Waals surface area contributed by atoms with E-state index in [4.69, 9.17) is 0 Å². The molecule has 6 heteroatoms. The van der Waals surface area contributed by atoms with Crippen molar-refractivity contribution in [2.45, 2.75) is 13.1 Å². The minimum absolute atomic E-state index is 0.309. The number of alkyl halides is 3. The largest absolute Gasteiger partial charge is 0.431 e. The Morgan fingerprint density at radius 3 is 2.39 bits per heavy atom. The second kappa shape index (κ2) is 5.46. The molecule has 0 aliphatic carbocycles. The lowest BCUT2D eigenvalue weighted by Crippen LogP contribution is -2.11. The van der Waals surface area contributed by atoms with Gasteiger partial charge >= 0.3 is 6.18 Å². The maximum atomic E-state index is 12.7. The van der Waals surface area contributed by atoms with E-state index in [1.54, 1.807) is 18.2 Å². The van der Waals surface area contributed by atoms with Gasteiger partial charge < -0.3 is 10.3 Å². The fourth-order valence-electron chi connectivity index (χ4n) is 2.27. The average molecular weight is 318 g/mol. The number of aromatic nitrogens is 1. The van der Waals surface area contributed by atoms with Crippen LogP contribution in [-0.4, -0.2) is 10.9 Å². The topological polar surface area (TPSA) is 44.9 Å². The summed E-state index contributed by atoms with van der Waals surface area (Å²) in [6.45, 7) is 1.92. The summed E-state index contributed by atoms with van der Waals surface area (Å²) in [6, 6.07) is 12.6. The fraction of sp³-hybridized carbons (Fsp3) is 0.118. The number of hydrogen-bond acceptors (Lipinski definition) is 1. The van der Waals surface area contributed by atoms with Gasteiger partial charge in [-0.2, -0.15) is 13.2 Å². The summed E-state index contributed by atoms with van der Waals surface area (Å²) < 4.78 is 38.1. The summed E-state index contributed by atoms with van der Waals surface area (Å²) in [6.07, 6.45) is -4.43. The van der Waals surface area contributed by atoms with Crippen LogP contribution in [0.15, 0.2) is 48.5 Å². The van der Waals surface area contributed by atoms with Gasteiger partial charge in [0.15, 0.2) is 0 Å². The Morgan fingerprint density at radius 2 is 1.74 bits per heavy atom. The molecule has 1 amide bonds. The number of rotatable bonds is 2. The van der Waals surface area contributed by atoms with Crippen molar-refractivity contribution >= 4 is 22.5 Å². The summed E-state index contributed by atoms with van der Waals surface area (Å²) in [5, 5.41) is 3.07. The van der Waals surface area contributed by atoms with Crippen LogP contribution >= 0.6 is 0 Å². The van der Waals surface area contributed by atoms with E-state index in [1.807, 2.05) is 19.1 Å². The van der Waals surface area contributed by atoms with Gasteiger partial charge in [-0.3, -0.25) is 4.79 Å². The molecule has 0 radical (unpaired) electrons. The normalized spacial score (nSPS) is 11.7. The molecule has 1 aromatic heterocycles. The number of amides is 1. The van der Waals surface area contributed by atoms with Crippen molar-refractivity contribution in [3.05, 3.63) is 65.4 Å². The summed E-state index contributed by atoms with van der Waals surface area (Å²) in [4.78, 5) is 14.4. The van der Waals surface area contributed by atoms with Crippen LogP contribution in [0.1, 0.15) is 21.6 Å². The standard InChI is InChI=1S/C17H13F3N2O/c1-10-2-4-11(5-3-10)16(23)21-13-6-7-14-12(8-13)9-15(22-14)17(18,19)20/h2-9,22H,1H3,(H,21,23). The lowest BCUT2D eigenvalue weighted by atomic mass is 10.1. The summed E-state index contributed by atoms with van der Waals surface area (Å²) in [5.74, 6) is -0.309. The number of H-pyrrole nitrogens is 1. The molecule has 0 saturated heterocycles. The van der Waals surface area contributed by atoms with Crippen LogP contribution in [0.25, 0.3) is 10.9 Å². The third kappa shape index (κ3) is 3.21. The van der Waals surface area contributed by atoms with Crippen molar-refractivity contribution in [3.8, 4) is 0 Å². The molecule has 0 spiro atoms. The fourth-order valence-corrected chi connectivity index (χ4v) is 2.27. The Labute approximate surface area is 130 Å². The van der Waals surface area contributed by atoms with Crippen LogP contribution in [0.2, 0.25) is 0 Å². The van der Waals surface area contributed by atoms with Crippen LogP contribution in [0.3, 0.4) is 0 Å². The molecule has 2 N–H and O–H groups in total. The minimum Gasteiger partial charge on any atom is -0.351 e. The highest BCUT2D eigenvalue weighted by atomic mass is 19.4. The molecule has 3 aromatic rings. The summed E-state index contributed by atoms with van der Waals surface area (Å²) in [5.41, 5.74) is 1.52. The van der Waals surface area contributed by atoms with Crippen LogP contribution in [0, 0.1) is 6.92 Å². The van der Waals surface area contributed by atoms with Gasteiger partial charge in [-0.25, -0.2) is 0 Å².